The van der Waals surface area contributed by atoms with Crippen LogP contribution in [0.2, 0.25) is 0 Å². The monoisotopic (exact) mass is 1810 g/mol. The first-order valence-corrected chi connectivity index (χ1v) is 57.2. The fraction of sp³-hybridized carbons (Fsp3) is 0.636. The SMILES string of the molecule is CCCC1CCCN1S(=O)(=O)Cc1ccccc1.CCCCC1CCCN1S(=O)(=O)Cc1ccccc1.CCCCCC1CCCN1S(=O)(=O)Cc1ccccc1.CCCCCCC1CCCN1S(=O)(=O)Cc1ccccc1.CCCCCCCC1CCCN1S(=O)(=O)Cc1ccccc1.CCCCCCCCC1CCCN1S(=O)(=O)Cc1ccccc1. The molecule has 123 heavy (non-hydrogen) atoms. The van der Waals surface area contributed by atoms with Gasteiger partial charge in [-0.3, -0.25) is 0 Å². The van der Waals surface area contributed by atoms with Crippen molar-refractivity contribution in [2.45, 2.75) is 363 Å². The maximum atomic E-state index is 12.7. The summed E-state index contributed by atoms with van der Waals surface area (Å²) in [6.07, 6.45) is 43.7. The van der Waals surface area contributed by atoms with E-state index < -0.39 is 60.1 Å². The standard InChI is InChI=1S/C19H31NO2S.C18H29NO2S.C17H27NO2S.C16H25NO2S.C15H23NO2S.C14H21NO2S/c1-2-3-4-5-6-10-14-19-15-11-16-20(19)23(21,22)17-18-12-8-7-9-13-18;1-2-3-4-5-9-13-18-14-10-15-19(18)22(20,21)16-17-11-7-6-8-12-17;1-2-3-4-8-12-17-13-9-14-18(17)21(19,20)15-16-10-6-5-7-11-16;1-2-3-5-11-16-12-8-13-17(16)20(18,19)14-15-9-6-4-7-10-15;1-2-3-10-15-11-7-12-16(15)19(17,18)13-14-8-5-4-6-9-14;1-2-7-14-10-6-11-15(14)18(16,17)12-13-8-4-3-5-9-13/h7-9,12-13,19H,2-6,10-11,14-17H2,1H3;6-8,11-12,18H,2-5,9-10,13-16H2,1H3;5-7,10-11,17H,2-4,8-9,12-15H2,1H3;4,6-7,9-10,16H,2-3,5,8,11-14H2,1H3;4-6,8-9,15H,2-3,7,10-13H2,1H3;3-5,8-9,14H,2,6-7,10-12H2,1H3. The number of sulfonamides is 6. The van der Waals surface area contributed by atoms with Gasteiger partial charge in [0.1, 0.15) is 0 Å². The van der Waals surface area contributed by atoms with Gasteiger partial charge in [0.05, 0.1) is 34.5 Å². The molecule has 6 unspecified atom stereocenters. The molecule has 6 aromatic carbocycles. The van der Waals surface area contributed by atoms with Gasteiger partial charge in [0.25, 0.3) is 0 Å². The van der Waals surface area contributed by atoms with Gasteiger partial charge in [-0.25, -0.2) is 50.5 Å². The third-order valence-electron chi connectivity index (χ3n) is 24.8. The Morgan fingerprint density at radius 2 is 0.350 bits per heavy atom. The van der Waals surface area contributed by atoms with Crippen molar-refractivity contribution in [3.8, 4) is 0 Å². The zero-order valence-corrected chi connectivity index (χ0v) is 80.8. The van der Waals surface area contributed by atoms with E-state index in [9.17, 15) is 50.5 Å². The van der Waals surface area contributed by atoms with E-state index in [1.807, 2.05) is 182 Å². The molecule has 0 spiro atoms. The van der Waals surface area contributed by atoms with E-state index in [-0.39, 0.29) is 70.8 Å². The second kappa shape index (κ2) is 57.0. The Morgan fingerprint density at radius 1 is 0.195 bits per heavy atom. The molecule has 0 aliphatic carbocycles. The Kier molecular flexibility index (Phi) is 48.5. The molecular formula is C99H156N6O12S6. The summed E-state index contributed by atoms with van der Waals surface area (Å²) in [7, 11) is -19.0. The predicted molar refractivity (Wildman–Crippen MR) is 511 cm³/mol. The number of rotatable bonds is 45. The number of hydrogen-bond donors (Lipinski definition) is 0. The van der Waals surface area contributed by atoms with Gasteiger partial charge in [0.15, 0.2) is 0 Å². The van der Waals surface area contributed by atoms with E-state index in [0.29, 0.717) is 39.3 Å². The van der Waals surface area contributed by atoms with Crippen LogP contribution in [0.1, 0.15) is 325 Å². The molecule has 6 atom stereocenters. The summed E-state index contributed by atoms with van der Waals surface area (Å²) < 4.78 is 162. The van der Waals surface area contributed by atoms with Crippen LogP contribution < -0.4 is 0 Å². The topological polar surface area (TPSA) is 224 Å². The number of benzene rings is 6. The lowest BCUT2D eigenvalue weighted by Gasteiger charge is -2.24. The van der Waals surface area contributed by atoms with Crippen LogP contribution in [0.5, 0.6) is 0 Å². The minimum Gasteiger partial charge on any atom is -0.212 e. The summed E-state index contributed by atoms with van der Waals surface area (Å²) in [4.78, 5) is 0. The number of unbranched alkanes of at least 4 members (excludes halogenated alkanes) is 15. The van der Waals surface area contributed by atoms with E-state index in [2.05, 4.69) is 41.5 Å². The molecule has 24 heteroatoms. The highest BCUT2D eigenvalue weighted by molar-refractivity contribution is 7.89. The van der Waals surface area contributed by atoms with Gasteiger partial charge in [-0.15, -0.1) is 0 Å². The summed E-state index contributed by atoms with van der Waals surface area (Å²) in [6.45, 7) is 17.3. The molecule has 0 amide bonds. The first-order valence-electron chi connectivity index (χ1n) is 47.5. The van der Waals surface area contributed by atoms with E-state index in [1.165, 1.54) is 89.9 Å². The highest BCUT2D eigenvalue weighted by Gasteiger charge is 2.39. The second-order valence-electron chi connectivity index (χ2n) is 34.9. The summed E-state index contributed by atoms with van der Waals surface area (Å²) in [5.41, 5.74) is 5.29. The molecule has 690 valence electrons. The number of hydrogen-bond acceptors (Lipinski definition) is 12. The fourth-order valence-corrected chi connectivity index (χ4v) is 29.5. The smallest absolute Gasteiger partial charge is 0.212 e. The molecule has 18 nitrogen and oxygen atoms in total. The van der Waals surface area contributed by atoms with Crippen LogP contribution in [-0.2, 0) is 94.7 Å². The third-order valence-corrected chi connectivity index (χ3v) is 36.2. The highest BCUT2D eigenvalue weighted by atomic mass is 32.2. The molecule has 6 aromatic rings. The lowest BCUT2D eigenvalue weighted by Crippen LogP contribution is -2.36. The van der Waals surface area contributed by atoms with Gasteiger partial charge in [-0.2, -0.15) is 25.8 Å². The largest absolute Gasteiger partial charge is 0.218 e. The van der Waals surface area contributed by atoms with Gasteiger partial charge >= 0.3 is 0 Å². The zero-order valence-electron chi connectivity index (χ0n) is 75.9. The molecule has 12 rings (SSSR count). The van der Waals surface area contributed by atoms with Crippen LogP contribution in [0.25, 0.3) is 0 Å². The fourth-order valence-electron chi connectivity index (χ4n) is 18.3. The highest BCUT2D eigenvalue weighted by Crippen LogP contribution is 2.34. The molecule has 0 N–H and O–H groups in total. The maximum Gasteiger partial charge on any atom is 0.218 e. The summed E-state index contributed by atoms with van der Waals surface area (Å²) >= 11 is 0. The van der Waals surface area contributed by atoms with Gasteiger partial charge < -0.3 is 0 Å². The molecule has 6 aliphatic rings. The lowest BCUT2D eigenvalue weighted by atomic mass is 10.0. The van der Waals surface area contributed by atoms with Crippen LogP contribution >= 0.6 is 0 Å². The molecule has 6 aliphatic heterocycles. The minimum absolute atomic E-state index is 0.133. The quantitative estimate of drug-likeness (QED) is 0.0326. The van der Waals surface area contributed by atoms with Crippen molar-refractivity contribution in [1.82, 2.24) is 25.8 Å². The average molecular weight is 1810 g/mol. The van der Waals surface area contributed by atoms with Crippen molar-refractivity contribution in [2.24, 2.45) is 0 Å². The Balaban J connectivity index is 0.000000203. The van der Waals surface area contributed by atoms with Crippen LogP contribution in [0.15, 0.2) is 182 Å². The van der Waals surface area contributed by atoms with Crippen molar-refractivity contribution in [2.75, 3.05) is 39.3 Å². The molecule has 6 fully saturated rings. The lowest BCUT2D eigenvalue weighted by molar-refractivity contribution is 0.358. The maximum absolute atomic E-state index is 12.7. The van der Waals surface area contributed by atoms with Crippen LogP contribution in [0.3, 0.4) is 0 Å². The zero-order chi connectivity index (χ0) is 88.7. The Morgan fingerprint density at radius 3 is 0.545 bits per heavy atom. The average Bonchev–Trinajstić information content (AvgIpc) is 1.73. The number of nitrogens with zero attached hydrogens (tertiary/aromatic N) is 6. The molecule has 0 aromatic heterocycles. The van der Waals surface area contributed by atoms with E-state index in [0.717, 1.165) is 194 Å². The molecule has 6 saturated heterocycles. The summed E-state index contributed by atoms with van der Waals surface area (Å²) in [6, 6.07) is 58.3. The molecule has 0 radical (unpaired) electrons. The van der Waals surface area contributed by atoms with Gasteiger partial charge in [0, 0.05) is 75.5 Å². The van der Waals surface area contributed by atoms with Crippen LogP contribution in [0, 0.1) is 0 Å². The Labute approximate surface area is 748 Å². The minimum atomic E-state index is -3.18. The van der Waals surface area contributed by atoms with Crippen molar-refractivity contribution >= 4 is 60.1 Å². The van der Waals surface area contributed by atoms with Crippen LogP contribution in [0.4, 0.5) is 0 Å². The van der Waals surface area contributed by atoms with Crippen molar-refractivity contribution in [1.29, 1.82) is 0 Å². The molecule has 6 heterocycles. The van der Waals surface area contributed by atoms with Crippen LogP contribution in [-0.4, -0.2) is 152 Å². The van der Waals surface area contributed by atoms with Gasteiger partial charge in [-0.05, 0) is 149 Å². The summed E-state index contributed by atoms with van der Waals surface area (Å²) in [5.74, 6) is 0.822. The van der Waals surface area contributed by atoms with Gasteiger partial charge in [0.2, 0.25) is 60.1 Å². The second-order valence-corrected chi connectivity index (χ2v) is 46.5. The van der Waals surface area contributed by atoms with E-state index in [4.69, 9.17) is 0 Å². The van der Waals surface area contributed by atoms with Crippen molar-refractivity contribution in [3.63, 3.8) is 0 Å². The van der Waals surface area contributed by atoms with Crippen molar-refractivity contribution in [3.05, 3.63) is 215 Å². The molecule has 0 saturated carbocycles. The third kappa shape index (κ3) is 37.8. The normalized spacial score (nSPS) is 20.1. The molecular weight excluding hydrogens is 1660 g/mol. The van der Waals surface area contributed by atoms with E-state index in [1.54, 1.807) is 25.8 Å². The first-order chi connectivity index (χ1) is 59.3. The summed E-state index contributed by atoms with van der Waals surface area (Å²) in [5, 5.41) is 0. The van der Waals surface area contributed by atoms with E-state index >= 15 is 0 Å². The Hall–Kier alpha value is -5.22. The van der Waals surface area contributed by atoms with Gasteiger partial charge in [-0.1, -0.05) is 358 Å². The molecule has 0 bridgehead atoms. The predicted octanol–water partition coefficient (Wildman–Crippen LogP) is 22.5. The first kappa shape index (κ1) is 105. The van der Waals surface area contributed by atoms with Crippen molar-refractivity contribution < 1.29 is 50.5 Å². The Bertz CT molecular complexity index is 4530.